The van der Waals surface area contributed by atoms with Crippen LogP contribution in [0.4, 0.5) is 0 Å². The summed E-state index contributed by atoms with van der Waals surface area (Å²) in [5, 5.41) is 4.76. The second kappa shape index (κ2) is 5.74. The molecule has 0 aliphatic rings. The molecule has 0 aliphatic heterocycles. The molecular formula is C14H19ClN4. The van der Waals surface area contributed by atoms with Gasteiger partial charge in [0.15, 0.2) is 0 Å². The molecule has 2 rings (SSSR count). The van der Waals surface area contributed by atoms with Crippen molar-refractivity contribution in [3.05, 3.63) is 52.3 Å². The van der Waals surface area contributed by atoms with Crippen molar-refractivity contribution >= 4 is 11.6 Å². The summed E-state index contributed by atoms with van der Waals surface area (Å²) in [5.74, 6) is 6.19. The molecule has 0 aliphatic carbocycles. The van der Waals surface area contributed by atoms with E-state index in [1.807, 2.05) is 7.05 Å². The molecule has 0 bridgehead atoms. The number of aromatic nitrogens is 2. The van der Waals surface area contributed by atoms with Gasteiger partial charge in [-0.05, 0) is 17.0 Å². The fourth-order valence-corrected chi connectivity index (χ4v) is 2.43. The van der Waals surface area contributed by atoms with Gasteiger partial charge in [-0.2, -0.15) is 5.10 Å². The smallest absolute Gasteiger partial charge is 0.0893 e. The summed E-state index contributed by atoms with van der Waals surface area (Å²) < 4.78 is 1.74. The lowest BCUT2D eigenvalue weighted by atomic mass is 9.98. The molecule has 1 unspecified atom stereocenters. The van der Waals surface area contributed by atoms with E-state index in [2.05, 4.69) is 48.6 Å². The van der Waals surface area contributed by atoms with Crippen molar-refractivity contribution in [3.63, 3.8) is 0 Å². The van der Waals surface area contributed by atoms with Crippen molar-refractivity contribution in [1.29, 1.82) is 0 Å². The highest BCUT2D eigenvalue weighted by atomic mass is 35.5. The third kappa shape index (κ3) is 2.81. The molecule has 0 saturated heterocycles. The molecule has 0 saturated carbocycles. The van der Waals surface area contributed by atoms with Crippen LogP contribution in [0.15, 0.2) is 30.5 Å². The van der Waals surface area contributed by atoms with Gasteiger partial charge in [-0.25, -0.2) is 5.43 Å². The zero-order valence-electron chi connectivity index (χ0n) is 11.4. The highest BCUT2D eigenvalue weighted by Gasteiger charge is 2.19. The third-order valence-corrected chi connectivity index (χ3v) is 3.61. The number of hydrogen-bond acceptors (Lipinski definition) is 3. The van der Waals surface area contributed by atoms with E-state index >= 15 is 0 Å². The maximum absolute atomic E-state index is 6.17. The van der Waals surface area contributed by atoms with Crippen LogP contribution < -0.4 is 11.3 Å². The first-order valence-corrected chi connectivity index (χ1v) is 6.65. The maximum Gasteiger partial charge on any atom is 0.0893 e. The number of halogens is 1. The number of benzene rings is 1. The summed E-state index contributed by atoms with van der Waals surface area (Å²) in [6.45, 7) is 4.34. The van der Waals surface area contributed by atoms with Gasteiger partial charge in [0.25, 0.3) is 0 Å². The van der Waals surface area contributed by atoms with Gasteiger partial charge in [-0.15, -0.1) is 0 Å². The van der Waals surface area contributed by atoms with Gasteiger partial charge in [0.05, 0.1) is 23.0 Å². The van der Waals surface area contributed by atoms with Crippen molar-refractivity contribution in [3.8, 4) is 0 Å². The normalized spacial score (nSPS) is 12.9. The first-order chi connectivity index (χ1) is 9.04. The Balaban J connectivity index is 2.37. The van der Waals surface area contributed by atoms with E-state index < -0.39 is 0 Å². The molecule has 1 atom stereocenters. The second-order valence-electron chi connectivity index (χ2n) is 4.92. The molecule has 3 N–H and O–H groups in total. The average Bonchev–Trinajstić information content (AvgIpc) is 2.72. The van der Waals surface area contributed by atoms with Crippen LogP contribution in [0.1, 0.15) is 42.6 Å². The van der Waals surface area contributed by atoms with Crippen LogP contribution in [0.25, 0.3) is 0 Å². The molecule has 0 amide bonds. The number of hydrazine groups is 1. The topological polar surface area (TPSA) is 55.9 Å². The first-order valence-electron chi connectivity index (χ1n) is 6.28. The molecule has 5 heteroatoms. The molecule has 19 heavy (non-hydrogen) atoms. The Kier molecular flexibility index (Phi) is 4.24. The molecular weight excluding hydrogens is 260 g/mol. The zero-order valence-corrected chi connectivity index (χ0v) is 12.1. The van der Waals surface area contributed by atoms with Gasteiger partial charge >= 0.3 is 0 Å². The first kappa shape index (κ1) is 14.1. The molecule has 0 spiro atoms. The number of nitrogens with one attached hydrogen (secondary N) is 1. The summed E-state index contributed by atoms with van der Waals surface area (Å²) in [4.78, 5) is 0. The van der Waals surface area contributed by atoms with Crippen LogP contribution in [0, 0.1) is 0 Å². The van der Waals surface area contributed by atoms with Crippen molar-refractivity contribution in [2.75, 3.05) is 0 Å². The van der Waals surface area contributed by atoms with E-state index in [4.69, 9.17) is 17.4 Å². The van der Waals surface area contributed by atoms with E-state index in [1.165, 1.54) is 5.56 Å². The van der Waals surface area contributed by atoms with Gasteiger partial charge < -0.3 is 0 Å². The lowest BCUT2D eigenvalue weighted by Crippen LogP contribution is -2.30. The minimum absolute atomic E-state index is 0.166. The Bertz CT molecular complexity index is 526. The van der Waals surface area contributed by atoms with E-state index in [-0.39, 0.29) is 6.04 Å². The minimum atomic E-state index is -0.166. The highest BCUT2D eigenvalue weighted by Crippen LogP contribution is 2.28. The van der Waals surface area contributed by atoms with E-state index in [1.54, 1.807) is 10.9 Å². The Morgan fingerprint density at radius 3 is 2.21 bits per heavy atom. The van der Waals surface area contributed by atoms with Gasteiger partial charge in [0.2, 0.25) is 0 Å². The lowest BCUT2D eigenvalue weighted by molar-refractivity contribution is 0.575. The summed E-state index contributed by atoms with van der Waals surface area (Å²) >= 11 is 6.17. The molecule has 0 radical (unpaired) electrons. The van der Waals surface area contributed by atoms with Crippen molar-refractivity contribution in [2.45, 2.75) is 25.8 Å². The van der Waals surface area contributed by atoms with Crippen LogP contribution in [0.5, 0.6) is 0 Å². The third-order valence-electron chi connectivity index (χ3n) is 3.31. The lowest BCUT2D eigenvalue weighted by Gasteiger charge is -2.18. The Morgan fingerprint density at radius 1 is 1.21 bits per heavy atom. The summed E-state index contributed by atoms with van der Waals surface area (Å²) in [6, 6.07) is 8.22. The van der Waals surface area contributed by atoms with E-state index in [0.717, 1.165) is 11.3 Å². The summed E-state index contributed by atoms with van der Waals surface area (Å²) in [6.07, 6.45) is 1.63. The molecule has 4 nitrogen and oxygen atoms in total. The Hall–Kier alpha value is -1.36. The highest BCUT2D eigenvalue weighted by molar-refractivity contribution is 6.31. The van der Waals surface area contributed by atoms with Gasteiger partial charge in [-0.1, -0.05) is 49.7 Å². The molecule has 1 aromatic carbocycles. The zero-order chi connectivity index (χ0) is 14.0. The second-order valence-corrected chi connectivity index (χ2v) is 5.33. The monoisotopic (exact) mass is 278 g/mol. The molecule has 102 valence electrons. The minimum Gasteiger partial charge on any atom is -0.271 e. The number of aryl methyl sites for hydroxylation is 1. The Labute approximate surface area is 118 Å². The largest absolute Gasteiger partial charge is 0.271 e. The number of hydrogen-bond donors (Lipinski definition) is 2. The maximum atomic E-state index is 6.17. The fourth-order valence-electron chi connectivity index (χ4n) is 2.15. The van der Waals surface area contributed by atoms with Crippen LogP contribution in [-0.2, 0) is 7.05 Å². The van der Waals surface area contributed by atoms with Crippen LogP contribution in [0.3, 0.4) is 0 Å². The molecule has 1 aromatic heterocycles. The predicted molar refractivity (Wildman–Crippen MR) is 77.9 cm³/mol. The van der Waals surface area contributed by atoms with Gasteiger partial charge in [0, 0.05) is 7.05 Å². The van der Waals surface area contributed by atoms with Crippen LogP contribution in [-0.4, -0.2) is 9.78 Å². The Morgan fingerprint density at radius 2 is 1.79 bits per heavy atom. The predicted octanol–water partition coefficient (Wildman–Crippen LogP) is 2.75. The number of rotatable bonds is 4. The molecule has 1 heterocycles. The van der Waals surface area contributed by atoms with Gasteiger partial charge in [0.1, 0.15) is 0 Å². The van der Waals surface area contributed by atoms with E-state index in [9.17, 15) is 0 Å². The number of nitrogens with two attached hydrogens (primary N) is 1. The van der Waals surface area contributed by atoms with Crippen molar-refractivity contribution < 1.29 is 0 Å². The summed E-state index contributed by atoms with van der Waals surface area (Å²) in [7, 11) is 1.86. The summed E-state index contributed by atoms with van der Waals surface area (Å²) in [5.41, 5.74) is 6.04. The van der Waals surface area contributed by atoms with E-state index in [0.29, 0.717) is 10.9 Å². The fraction of sp³-hybridized carbons (Fsp3) is 0.357. The van der Waals surface area contributed by atoms with Crippen LogP contribution in [0.2, 0.25) is 5.02 Å². The van der Waals surface area contributed by atoms with Crippen LogP contribution >= 0.6 is 11.6 Å². The molecule has 2 aromatic rings. The van der Waals surface area contributed by atoms with Gasteiger partial charge in [-0.3, -0.25) is 10.5 Å². The van der Waals surface area contributed by atoms with Crippen molar-refractivity contribution in [2.24, 2.45) is 12.9 Å². The number of nitrogens with zero attached hydrogens (tertiary/aromatic N) is 2. The van der Waals surface area contributed by atoms with Crippen molar-refractivity contribution in [1.82, 2.24) is 15.2 Å². The average molecular weight is 279 g/mol. The SMILES string of the molecule is CC(C)c1ccc(C(NN)c2c(Cl)cnn2C)cc1. The standard InChI is InChI=1S/C14H19ClN4/c1-9(2)10-4-6-11(7-5-10)13(18-16)14-12(15)8-17-19(14)3/h4-9,13,18H,16H2,1-3H3. The molecule has 0 fully saturated rings. The quantitative estimate of drug-likeness (QED) is 0.668.